The highest BCUT2D eigenvalue weighted by Gasteiger charge is 2.23. The van der Waals surface area contributed by atoms with E-state index in [2.05, 4.69) is 24.4 Å². The van der Waals surface area contributed by atoms with E-state index in [0.29, 0.717) is 12.2 Å². The number of aryl methyl sites for hydroxylation is 1. The summed E-state index contributed by atoms with van der Waals surface area (Å²) in [4.78, 5) is 12.4. The van der Waals surface area contributed by atoms with Crippen LogP contribution in [0.3, 0.4) is 0 Å². The zero-order valence-corrected chi connectivity index (χ0v) is 19.9. The molecule has 0 radical (unpaired) electrons. The number of hydrogen-bond acceptors (Lipinski definition) is 4. The van der Waals surface area contributed by atoms with Gasteiger partial charge in [0.1, 0.15) is 6.54 Å². The molecule has 1 N–H and O–H groups in total. The summed E-state index contributed by atoms with van der Waals surface area (Å²) in [6.45, 7) is 6.45. The Balaban J connectivity index is 1.85. The standard InChI is InChI=1S/C23H32N2O3S2/c1-18(2)21-12-7-8-13-22(21)25(30(4,27)28)16-23(26)24-14-9-15-29-17-20-11-6-5-10-19(20)3/h5-8,10-13,18H,9,14-17H2,1-4H3,(H,24,26). The maximum Gasteiger partial charge on any atom is 0.240 e. The molecule has 0 aliphatic carbocycles. The van der Waals surface area contributed by atoms with Gasteiger partial charge in [-0.05, 0) is 47.8 Å². The predicted octanol–water partition coefficient (Wildman–Crippen LogP) is 4.32. The molecule has 2 aromatic carbocycles. The Hall–Kier alpha value is -1.99. The van der Waals surface area contributed by atoms with E-state index in [1.807, 2.05) is 49.9 Å². The molecule has 2 rings (SSSR count). The van der Waals surface area contributed by atoms with Crippen molar-refractivity contribution in [3.05, 3.63) is 65.2 Å². The molecule has 0 fully saturated rings. The lowest BCUT2D eigenvalue weighted by Crippen LogP contribution is -2.41. The molecule has 0 bridgehead atoms. The van der Waals surface area contributed by atoms with Crippen molar-refractivity contribution in [2.45, 2.75) is 38.9 Å². The number of carbonyl (C=O) groups is 1. The van der Waals surface area contributed by atoms with Crippen molar-refractivity contribution >= 4 is 33.4 Å². The van der Waals surface area contributed by atoms with Gasteiger partial charge in [-0.15, -0.1) is 0 Å². The molecule has 7 heteroatoms. The van der Waals surface area contributed by atoms with Crippen LogP contribution >= 0.6 is 11.8 Å². The average molecular weight is 449 g/mol. The van der Waals surface area contributed by atoms with Crippen molar-refractivity contribution in [3.63, 3.8) is 0 Å². The van der Waals surface area contributed by atoms with Crippen molar-refractivity contribution in [1.29, 1.82) is 0 Å². The second-order valence-corrected chi connectivity index (χ2v) is 10.7. The molecule has 0 saturated carbocycles. The minimum atomic E-state index is -3.57. The lowest BCUT2D eigenvalue weighted by Gasteiger charge is -2.25. The fourth-order valence-electron chi connectivity index (χ4n) is 3.13. The maximum atomic E-state index is 12.4. The molecule has 30 heavy (non-hydrogen) atoms. The summed E-state index contributed by atoms with van der Waals surface area (Å²) in [5, 5.41) is 2.86. The topological polar surface area (TPSA) is 66.5 Å². The van der Waals surface area contributed by atoms with E-state index in [4.69, 9.17) is 0 Å². The van der Waals surface area contributed by atoms with Gasteiger partial charge in [-0.2, -0.15) is 11.8 Å². The van der Waals surface area contributed by atoms with Crippen molar-refractivity contribution in [3.8, 4) is 0 Å². The normalized spacial score (nSPS) is 11.5. The number of amides is 1. The lowest BCUT2D eigenvalue weighted by molar-refractivity contribution is -0.119. The molecule has 2 aromatic rings. The number of nitrogens with zero attached hydrogens (tertiary/aromatic N) is 1. The number of benzene rings is 2. The maximum absolute atomic E-state index is 12.4. The Morgan fingerprint density at radius 1 is 1.10 bits per heavy atom. The molecule has 5 nitrogen and oxygen atoms in total. The third-order valence-corrected chi connectivity index (χ3v) is 7.04. The van der Waals surface area contributed by atoms with Crippen LogP contribution in [0.2, 0.25) is 0 Å². The van der Waals surface area contributed by atoms with Crippen LogP contribution in [-0.2, 0) is 20.6 Å². The summed E-state index contributed by atoms with van der Waals surface area (Å²) in [5.41, 5.74) is 4.10. The highest BCUT2D eigenvalue weighted by atomic mass is 32.2. The first-order valence-electron chi connectivity index (χ1n) is 10.2. The Kier molecular flexibility index (Phi) is 9.24. The van der Waals surface area contributed by atoms with Gasteiger partial charge in [0.2, 0.25) is 15.9 Å². The number of thioether (sulfide) groups is 1. The predicted molar refractivity (Wildman–Crippen MR) is 128 cm³/mol. The van der Waals surface area contributed by atoms with E-state index >= 15 is 0 Å². The van der Waals surface area contributed by atoms with Crippen molar-refractivity contribution in [1.82, 2.24) is 5.32 Å². The summed E-state index contributed by atoms with van der Waals surface area (Å²) in [6.07, 6.45) is 1.98. The summed E-state index contributed by atoms with van der Waals surface area (Å²) in [6, 6.07) is 15.7. The molecule has 0 aliphatic rings. The number of anilines is 1. The quantitative estimate of drug-likeness (QED) is 0.520. The van der Waals surface area contributed by atoms with Gasteiger partial charge in [-0.25, -0.2) is 8.42 Å². The molecule has 1 amide bonds. The second kappa shape index (κ2) is 11.4. The zero-order valence-electron chi connectivity index (χ0n) is 18.2. The van der Waals surface area contributed by atoms with Gasteiger partial charge in [-0.1, -0.05) is 56.3 Å². The van der Waals surface area contributed by atoms with Crippen LogP contribution in [0.25, 0.3) is 0 Å². The Morgan fingerprint density at radius 2 is 1.77 bits per heavy atom. The third kappa shape index (κ3) is 7.36. The molecule has 0 aliphatic heterocycles. The fraction of sp³-hybridized carbons (Fsp3) is 0.435. The molecule has 0 saturated heterocycles. The van der Waals surface area contributed by atoms with Crippen molar-refractivity contribution in [2.75, 3.05) is 29.4 Å². The van der Waals surface area contributed by atoms with E-state index in [1.165, 1.54) is 15.4 Å². The first-order valence-corrected chi connectivity index (χ1v) is 13.2. The number of para-hydroxylation sites is 1. The van der Waals surface area contributed by atoms with Crippen LogP contribution in [0.5, 0.6) is 0 Å². The molecule has 0 atom stereocenters. The van der Waals surface area contributed by atoms with Gasteiger partial charge in [0.05, 0.1) is 11.9 Å². The first-order chi connectivity index (χ1) is 14.2. The first kappa shape index (κ1) is 24.3. The summed E-state index contributed by atoms with van der Waals surface area (Å²) >= 11 is 1.83. The number of sulfonamides is 1. The highest BCUT2D eigenvalue weighted by Crippen LogP contribution is 2.28. The van der Waals surface area contributed by atoms with Crippen LogP contribution in [-0.4, -0.2) is 39.4 Å². The summed E-state index contributed by atoms with van der Waals surface area (Å²) in [7, 11) is -3.57. The van der Waals surface area contributed by atoms with E-state index in [-0.39, 0.29) is 18.4 Å². The highest BCUT2D eigenvalue weighted by molar-refractivity contribution is 7.98. The van der Waals surface area contributed by atoms with Gasteiger partial charge >= 0.3 is 0 Å². The molecular weight excluding hydrogens is 416 g/mol. The second-order valence-electron chi connectivity index (χ2n) is 7.67. The van der Waals surface area contributed by atoms with Gasteiger partial charge in [0.15, 0.2) is 0 Å². The fourth-order valence-corrected chi connectivity index (χ4v) is 5.04. The minimum Gasteiger partial charge on any atom is -0.354 e. The Morgan fingerprint density at radius 3 is 2.43 bits per heavy atom. The van der Waals surface area contributed by atoms with E-state index in [1.54, 1.807) is 12.1 Å². The van der Waals surface area contributed by atoms with Crippen LogP contribution in [0.4, 0.5) is 5.69 Å². The molecule has 164 valence electrons. The van der Waals surface area contributed by atoms with Gasteiger partial charge < -0.3 is 5.32 Å². The zero-order chi connectivity index (χ0) is 22.1. The van der Waals surface area contributed by atoms with Gasteiger partial charge in [0.25, 0.3) is 0 Å². The molecular formula is C23H32N2O3S2. The smallest absolute Gasteiger partial charge is 0.240 e. The minimum absolute atomic E-state index is 0.152. The monoisotopic (exact) mass is 448 g/mol. The number of nitrogens with one attached hydrogen (secondary N) is 1. The largest absolute Gasteiger partial charge is 0.354 e. The average Bonchev–Trinajstić information content (AvgIpc) is 2.69. The third-order valence-electron chi connectivity index (χ3n) is 4.82. The van der Waals surface area contributed by atoms with Crippen LogP contribution in [0.15, 0.2) is 48.5 Å². The number of rotatable bonds is 11. The van der Waals surface area contributed by atoms with Crippen LogP contribution in [0.1, 0.15) is 42.9 Å². The van der Waals surface area contributed by atoms with E-state index in [0.717, 1.165) is 29.7 Å². The lowest BCUT2D eigenvalue weighted by atomic mass is 10.0. The van der Waals surface area contributed by atoms with Crippen molar-refractivity contribution < 1.29 is 13.2 Å². The number of hydrogen-bond donors (Lipinski definition) is 1. The Labute approximate surface area is 185 Å². The number of carbonyl (C=O) groups excluding carboxylic acids is 1. The van der Waals surface area contributed by atoms with Gasteiger partial charge in [0, 0.05) is 12.3 Å². The van der Waals surface area contributed by atoms with Crippen LogP contribution in [0, 0.1) is 6.92 Å². The molecule has 0 heterocycles. The van der Waals surface area contributed by atoms with E-state index in [9.17, 15) is 13.2 Å². The van der Waals surface area contributed by atoms with Gasteiger partial charge in [-0.3, -0.25) is 9.10 Å². The SMILES string of the molecule is Cc1ccccc1CSCCCNC(=O)CN(c1ccccc1C(C)C)S(C)(=O)=O. The summed E-state index contributed by atoms with van der Waals surface area (Å²) in [5.74, 6) is 1.75. The molecule has 0 aromatic heterocycles. The molecule has 0 unspecified atom stereocenters. The summed E-state index contributed by atoms with van der Waals surface area (Å²) < 4.78 is 25.9. The van der Waals surface area contributed by atoms with Crippen LogP contribution < -0.4 is 9.62 Å². The van der Waals surface area contributed by atoms with E-state index < -0.39 is 10.0 Å². The Bertz CT molecular complexity index is 943. The van der Waals surface area contributed by atoms with Crippen molar-refractivity contribution in [2.24, 2.45) is 0 Å². The molecule has 0 spiro atoms.